The molecule has 0 fully saturated rings. The molecule has 4 nitrogen and oxygen atoms in total. The Hall–Kier alpha value is -2.15. The molecule has 1 aromatic heterocycles. The van der Waals surface area contributed by atoms with Gasteiger partial charge in [-0.3, -0.25) is 0 Å². The molecular weight excluding hydrogens is 200 g/mol. The smallest absolute Gasteiger partial charge is 0.137 e. The van der Waals surface area contributed by atoms with Gasteiger partial charge >= 0.3 is 0 Å². The number of hydrogen-bond acceptors (Lipinski definition) is 4. The third kappa shape index (κ3) is 1.94. The zero-order valence-electron chi connectivity index (χ0n) is 9.07. The SMILES string of the molecule is CCCNc1ncnc2ccc(C#N)cc12. The number of nitrogens with one attached hydrogen (secondary N) is 1. The summed E-state index contributed by atoms with van der Waals surface area (Å²) in [5, 5.41) is 13.0. The van der Waals surface area contributed by atoms with Gasteiger partial charge in [0, 0.05) is 11.9 Å². The normalized spacial score (nSPS) is 10.0. The first-order valence-corrected chi connectivity index (χ1v) is 5.24. The Bertz CT molecular complexity index is 542. The molecule has 0 aliphatic carbocycles. The molecule has 0 amide bonds. The van der Waals surface area contributed by atoms with E-state index in [1.165, 1.54) is 6.33 Å². The van der Waals surface area contributed by atoms with Crippen molar-refractivity contribution < 1.29 is 0 Å². The van der Waals surface area contributed by atoms with Crippen molar-refractivity contribution in [3.63, 3.8) is 0 Å². The van der Waals surface area contributed by atoms with Crippen LogP contribution < -0.4 is 5.32 Å². The van der Waals surface area contributed by atoms with E-state index >= 15 is 0 Å². The molecule has 2 rings (SSSR count). The monoisotopic (exact) mass is 212 g/mol. The van der Waals surface area contributed by atoms with Gasteiger partial charge in [-0.25, -0.2) is 9.97 Å². The summed E-state index contributed by atoms with van der Waals surface area (Å²) in [5.41, 5.74) is 1.48. The van der Waals surface area contributed by atoms with Gasteiger partial charge in [-0.2, -0.15) is 5.26 Å². The summed E-state index contributed by atoms with van der Waals surface area (Å²) in [7, 11) is 0. The number of nitriles is 1. The molecule has 16 heavy (non-hydrogen) atoms. The molecule has 0 radical (unpaired) electrons. The fraction of sp³-hybridized carbons (Fsp3) is 0.250. The van der Waals surface area contributed by atoms with Crippen LogP contribution in [0.1, 0.15) is 18.9 Å². The van der Waals surface area contributed by atoms with Crippen LogP contribution in [0.25, 0.3) is 10.9 Å². The van der Waals surface area contributed by atoms with E-state index in [0.29, 0.717) is 5.56 Å². The molecule has 2 aromatic rings. The van der Waals surface area contributed by atoms with Crippen LogP contribution in [0.2, 0.25) is 0 Å². The average Bonchev–Trinajstić information content (AvgIpc) is 2.35. The molecule has 1 aromatic carbocycles. The third-order valence-electron chi connectivity index (χ3n) is 2.31. The molecule has 0 spiro atoms. The minimum absolute atomic E-state index is 0.627. The molecular formula is C12H12N4. The highest BCUT2D eigenvalue weighted by molar-refractivity contribution is 5.89. The third-order valence-corrected chi connectivity index (χ3v) is 2.31. The maximum absolute atomic E-state index is 8.85. The number of hydrogen-bond donors (Lipinski definition) is 1. The Morgan fingerprint density at radius 1 is 1.38 bits per heavy atom. The Morgan fingerprint density at radius 2 is 2.25 bits per heavy atom. The van der Waals surface area contributed by atoms with E-state index in [-0.39, 0.29) is 0 Å². The zero-order valence-corrected chi connectivity index (χ0v) is 9.07. The van der Waals surface area contributed by atoms with Gasteiger partial charge in [0.15, 0.2) is 0 Å². The van der Waals surface area contributed by atoms with Gasteiger partial charge in [0.25, 0.3) is 0 Å². The predicted octanol–water partition coefficient (Wildman–Crippen LogP) is 2.32. The highest BCUT2D eigenvalue weighted by Gasteiger charge is 2.03. The standard InChI is InChI=1S/C12H12N4/c1-2-5-14-12-10-6-9(7-13)3-4-11(10)15-8-16-12/h3-4,6,8H,2,5H2,1H3,(H,14,15,16). The van der Waals surface area contributed by atoms with Crippen molar-refractivity contribution >= 4 is 16.7 Å². The van der Waals surface area contributed by atoms with E-state index in [9.17, 15) is 0 Å². The zero-order chi connectivity index (χ0) is 11.4. The maximum Gasteiger partial charge on any atom is 0.137 e. The molecule has 0 saturated carbocycles. The summed E-state index contributed by atoms with van der Waals surface area (Å²) in [4.78, 5) is 8.35. The lowest BCUT2D eigenvalue weighted by atomic mass is 10.1. The summed E-state index contributed by atoms with van der Waals surface area (Å²) >= 11 is 0. The number of aromatic nitrogens is 2. The minimum Gasteiger partial charge on any atom is -0.369 e. The molecule has 1 heterocycles. The molecule has 0 aliphatic rings. The van der Waals surface area contributed by atoms with Crippen LogP contribution in [-0.4, -0.2) is 16.5 Å². The minimum atomic E-state index is 0.627. The Balaban J connectivity index is 2.52. The summed E-state index contributed by atoms with van der Waals surface area (Å²) in [6, 6.07) is 7.53. The van der Waals surface area contributed by atoms with E-state index in [0.717, 1.165) is 29.7 Å². The molecule has 0 unspecified atom stereocenters. The van der Waals surface area contributed by atoms with Crippen LogP contribution in [-0.2, 0) is 0 Å². The summed E-state index contributed by atoms with van der Waals surface area (Å²) in [6.07, 6.45) is 2.57. The number of fused-ring (bicyclic) bond motifs is 1. The van der Waals surface area contributed by atoms with E-state index in [1.54, 1.807) is 6.07 Å². The van der Waals surface area contributed by atoms with Crippen molar-refractivity contribution in [3.05, 3.63) is 30.1 Å². The predicted molar refractivity (Wildman–Crippen MR) is 63.0 cm³/mol. The first-order valence-electron chi connectivity index (χ1n) is 5.24. The fourth-order valence-electron chi connectivity index (χ4n) is 1.51. The fourth-order valence-corrected chi connectivity index (χ4v) is 1.51. The first kappa shape index (κ1) is 10.4. The second kappa shape index (κ2) is 4.58. The van der Waals surface area contributed by atoms with Crippen molar-refractivity contribution in [1.82, 2.24) is 9.97 Å². The Kier molecular flexibility index (Phi) is 2.97. The quantitative estimate of drug-likeness (QED) is 0.848. The van der Waals surface area contributed by atoms with Gasteiger partial charge in [-0.05, 0) is 24.6 Å². The second-order valence-electron chi connectivity index (χ2n) is 3.49. The van der Waals surface area contributed by atoms with Crippen LogP contribution in [0.3, 0.4) is 0 Å². The van der Waals surface area contributed by atoms with Gasteiger partial charge < -0.3 is 5.32 Å². The maximum atomic E-state index is 8.85. The van der Waals surface area contributed by atoms with Crippen molar-refractivity contribution in [3.8, 4) is 6.07 Å². The van der Waals surface area contributed by atoms with E-state index in [2.05, 4.69) is 28.3 Å². The lowest BCUT2D eigenvalue weighted by Crippen LogP contribution is -2.03. The molecule has 4 heteroatoms. The molecule has 80 valence electrons. The topological polar surface area (TPSA) is 61.6 Å². The van der Waals surface area contributed by atoms with Crippen molar-refractivity contribution in [1.29, 1.82) is 5.26 Å². The number of rotatable bonds is 3. The lowest BCUT2D eigenvalue weighted by Gasteiger charge is -2.06. The number of benzene rings is 1. The second-order valence-corrected chi connectivity index (χ2v) is 3.49. The lowest BCUT2D eigenvalue weighted by molar-refractivity contribution is 0.969. The molecule has 1 N–H and O–H groups in total. The average molecular weight is 212 g/mol. The highest BCUT2D eigenvalue weighted by atomic mass is 15.0. The first-order chi connectivity index (χ1) is 7.85. The molecule has 0 saturated heterocycles. The van der Waals surface area contributed by atoms with Crippen LogP contribution in [0.4, 0.5) is 5.82 Å². The summed E-state index contributed by atoms with van der Waals surface area (Å²) in [5.74, 6) is 0.795. The Labute approximate surface area is 94.0 Å². The summed E-state index contributed by atoms with van der Waals surface area (Å²) in [6.45, 7) is 2.96. The number of anilines is 1. The largest absolute Gasteiger partial charge is 0.369 e. The van der Waals surface area contributed by atoms with Crippen LogP contribution in [0, 0.1) is 11.3 Å². The van der Waals surface area contributed by atoms with E-state index in [1.807, 2.05) is 12.1 Å². The van der Waals surface area contributed by atoms with Crippen LogP contribution in [0.15, 0.2) is 24.5 Å². The summed E-state index contributed by atoms with van der Waals surface area (Å²) < 4.78 is 0. The van der Waals surface area contributed by atoms with Gasteiger partial charge in [-0.1, -0.05) is 6.92 Å². The Morgan fingerprint density at radius 3 is 3.00 bits per heavy atom. The van der Waals surface area contributed by atoms with Crippen LogP contribution in [0.5, 0.6) is 0 Å². The van der Waals surface area contributed by atoms with E-state index < -0.39 is 0 Å². The van der Waals surface area contributed by atoms with Crippen molar-refractivity contribution in [2.75, 3.05) is 11.9 Å². The molecule has 0 atom stereocenters. The van der Waals surface area contributed by atoms with Gasteiger partial charge in [-0.15, -0.1) is 0 Å². The van der Waals surface area contributed by atoms with E-state index in [4.69, 9.17) is 5.26 Å². The van der Waals surface area contributed by atoms with Crippen molar-refractivity contribution in [2.45, 2.75) is 13.3 Å². The highest BCUT2D eigenvalue weighted by Crippen LogP contribution is 2.20. The van der Waals surface area contributed by atoms with Gasteiger partial charge in [0.2, 0.25) is 0 Å². The molecule has 0 aliphatic heterocycles. The van der Waals surface area contributed by atoms with Crippen molar-refractivity contribution in [2.24, 2.45) is 0 Å². The van der Waals surface area contributed by atoms with Gasteiger partial charge in [0.05, 0.1) is 17.1 Å². The van der Waals surface area contributed by atoms with Gasteiger partial charge in [0.1, 0.15) is 12.1 Å². The number of nitrogens with zero attached hydrogens (tertiary/aromatic N) is 3. The molecule has 0 bridgehead atoms. The van der Waals surface area contributed by atoms with Crippen LogP contribution >= 0.6 is 0 Å².